The van der Waals surface area contributed by atoms with Crippen LogP contribution in [0.1, 0.15) is 33.6 Å². The summed E-state index contributed by atoms with van der Waals surface area (Å²) in [5, 5.41) is 11.6. The van der Waals surface area contributed by atoms with E-state index in [9.17, 15) is 4.79 Å². The molecule has 1 rings (SSSR count). The van der Waals surface area contributed by atoms with E-state index >= 15 is 0 Å². The van der Waals surface area contributed by atoms with Crippen molar-refractivity contribution in [3.05, 3.63) is 0 Å². The Labute approximate surface area is 84.6 Å². The Kier molecular flexibility index (Phi) is 3.50. The van der Waals surface area contributed by atoms with E-state index in [0.29, 0.717) is 6.54 Å². The highest BCUT2D eigenvalue weighted by atomic mass is 16.5. The summed E-state index contributed by atoms with van der Waals surface area (Å²) in [6.07, 6.45) is 2.21. The molecule has 82 valence electrons. The second-order valence-electron chi connectivity index (χ2n) is 4.51. The molecule has 1 aliphatic heterocycles. The van der Waals surface area contributed by atoms with Gasteiger partial charge in [0.15, 0.2) is 0 Å². The van der Waals surface area contributed by atoms with Gasteiger partial charge in [-0.2, -0.15) is 0 Å². The first-order valence-electron chi connectivity index (χ1n) is 5.05. The van der Waals surface area contributed by atoms with E-state index < -0.39 is 12.0 Å². The lowest BCUT2D eigenvalue weighted by molar-refractivity contribution is -0.139. The van der Waals surface area contributed by atoms with Gasteiger partial charge < -0.3 is 15.2 Å². The fraction of sp³-hybridized carbons (Fsp3) is 0.900. The van der Waals surface area contributed by atoms with Crippen LogP contribution in [-0.2, 0) is 9.53 Å². The number of nitrogens with one attached hydrogen (secondary N) is 1. The largest absolute Gasteiger partial charge is 0.480 e. The highest BCUT2D eigenvalue weighted by molar-refractivity contribution is 5.72. The summed E-state index contributed by atoms with van der Waals surface area (Å²) in [6, 6.07) is -0.498. The molecule has 1 fully saturated rings. The first kappa shape index (κ1) is 11.5. The molecule has 0 amide bonds. The number of hydrogen-bond acceptors (Lipinski definition) is 3. The number of carboxylic acids is 1. The normalized spacial score (nSPS) is 27.5. The van der Waals surface area contributed by atoms with Gasteiger partial charge in [-0.3, -0.25) is 4.79 Å². The third kappa shape index (κ3) is 3.27. The minimum Gasteiger partial charge on any atom is -0.480 e. The van der Waals surface area contributed by atoms with Crippen molar-refractivity contribution in [2.24, 2.45) is 0 Å². The van der Waals surface area contributed by atoms with Gasteiger partial charge in [-0.25, -0.2) is 0 Å². The minimum atomic E-state index is -0.817. The van der Waals surface area contributed by atoms with Crippen molar-refractivity contribution >= 4 is 5.97 Å². The molecule has 0 saturated carbocycles. The SMILES string of the molecule is C[C@H](NCC1CCC(C)(C)O1)C(=O)O. The molecule has 1 saturated heterocycles. The van der Waals surface area contributed by atoms with Crippen LogP contribution in [0.3, 0.4) is 0 Å². The van der Waals surface area contributed by atoms with Crippen LogP contribution in [0.15, 0.2) is 0 Å². The second kappa shape index (κ2) is 4.28. The standard InChI is InChI=1S/C10H19NO3/c1-7(9(12)13)11-6-8-4-5-10(2,3)14-8/h7-8,11H,4-6H2,1-3H3,(H,12,13)/t7-,8?/m0/s1. The number of rotatable bonds is 4. The molecule has 0 spiro atoms. The van der Waals surface area contributed by atoms with Crippen molar-refractivity contribution < 1.29 is 14.6 Å². The van der Waals surface area contributed by atoms with Crippen molar-refractivity contribution in [1.82, 2.24) is 5.32 Å². The van der Waals surface area contributed by atoms with Crippen molar-refractivity contribution in [2.75, 3.05) is 6.54 Å². The smallest absolute Gasteiger partial charge is 0.320 e. The lowest BCUT2D eigenvalue weighted by atomic mass is 10.1. The van der Waals surface area contributed by atoms with Gasteiger partial charge in [0, 0.05) is 6.54 Å². The average molecular weight is 201 g/mol. The highest BCUT2D eigenvalue weighted by Gasteiger charge is 2.31. The van der Waals surface area contributed by atoms with Crippen molar-refractivity contribution in [3.63, 3.8) is 0 Å². The maximum Gasteiger partial charge on any atom is 0.320 e. The fourth-order valence-electron chi connectivity index (χ4n) is 1.62. The molecule has 0 aliphatic carbocycles. The Balaban J connectivity index is 2.24. The monoisotopic (exact) mass is 201 g/mol. The molecule has 2 atom stereocenters. The van der Waals surface area contributed by atoms with Crippen LogP contribution in [0.5, 0.6) is 0 Å². The van der Waals surface area contributed by atoms with Gasteiger partial charge in [0.25, 0.3) is 0 Å². The highest BCUT2D eigenvalue weighted by Crippen LogP contribution is 2.28. The molecule has 0 aromatic heterocycles. The van der Waals surface area contributed by atoms with Gasteiger partial charge in [-0.1, -0.05) is 0 Å². The van der Waals surface area contributed by atoms with Crippen LogP contribution < -0.4 is 5.32 Å². The minimum absolute atomic E-state index is 0.0428. The number of carboxylic acid groups (broad SMARTS) is 1. The summed E-state index contributed by atoms with van der Waals surface area (Å²) in [6.45, 7) is 6.39. The first-order chi connectivity index (χ1) is 6.41. The predicted octanol–water partition coefficient (Wildman–Crippen LogP) is 1.01. The summed E-state index contributed by atoms with van der Waals surface area (Å²) in [5.41, 5.74) is -0.0428. The Hall–Kier alpha value is -0.610. The quantitative estimate of drug-likeness (QED) is 0.712. The molecule has 0 aromatic rings. The average Bonchev–Trinajstić information content (AvgIpc) is 2.41. The van der Waals surface area contributed by atoms with E-state index in [4.69, 9.17) is 9.84 Å². The zero-order valence-electron chi connectivity index (χ0n) is 9.04. The summed E-state index contributed by atoms with van der Waals surface area (Å²) in [4.78, 5) is 10.5. The van der Waals surface area contributed by atoms with Crippen LogP contribution >= 0.6 is 0 Å². The van der Waals surface area contributed by atoms with Crippen LogP contribution in [-0.4, -0.2) is 35.4 Å². The van der Waals surface area contributed by atoms with Gasteiger partial charge in [0.05, 0.1) is 11.7 Å². The van der Waals surface area contributed by atoms with E-state index in [1.54, 1.807) is 6.92 Å². The van der Waals surface area contributed by atoms with Crippen LogP contribution in [0, 0.1) is 0 Å². The first-order valence-corrected chi connectivity index (χ1v) is 5.05. The number of hydrogen-bond donors (Lipinski definition) is 2. The molecule has 2 N–H and O–H groups in total. The molecular weight excluding hydrogens is 182 g/mol. The second-order valence-corrected chi connectivity index (χ2v) is 4.51. The fourth-order valence-corrected chi connectivity index (χ4v) is 1.62. The molecule has 0 radical (unpaired) electrons. The van der Waals surface area contributed by atoms with Crippen LogP contribution in [0.2, 0.25) is 0 Å². The molecule has 14 heavy (non-hydrogen) atoms. The zero-order chi connectivity index (χ0) is 10.8. The molecule has 1 aliphatic rings. The third-order valence-electron chi connectivity index (χ3n) is 2.58. The number of ether oxygens (including phenoxy) is 1. The van der Waals surface area contributed by atoms with Crippen molar-refractivity contribution in [3.8, 4) is 0 Å². The van der Waals surface area contributed by atoms with Gasteiger partial charge in [-0.15, -0.1) is 0 Å². The van der Waals surface area contributed by atoms with Gasteiger partial charge in [0.2, 0.25) is 0 Å². The van der Waals surface area contributed by atoms with Crippen molar-refractivity contribution in [1.29, 1.82) is 0 Å². The van der Waals surface area contributed by atoms with E-state index in [0.717, 1.165) is 12.8 Å². The summed E-state index contributed by atoms with van der Waals surface area (Å²) < 4.78 is 5.72. The Morgan fingerprint density at radius 1 is 1.71 bits per heavy atom. The van der Waals surface area contributed by atoms with E-state index in [2.05, 4.69) is 19.2 Å². The topological polar surface area (TPSA) is 58.6 Å². The van der Waals surface area contributed by atoms with E-state index in [1.165, 1.54) is 0 Å². The van der Waals surface area contributed by atoms with Crippen LogP contribution in [0.4, 0.5) is 0 Å². The summed E-state index contributed by atoms with van der Waals surface area (Å²) >= 11 is 0. The maximum atomic E-state index is 10.5. The number of aliphatic carboxylic acids is 1. The Morgan fingerprint density at radius 2 is 2.36 bits per heavy atom. The van der Waals surface area contributed by atoms with E-state index in [-0.39, 0.29) is 11.7 Å². The summed E-state index contributed by atoms with van der Waals surface area (Å²) in [5.74, 6) is -0.817. The van der Waals surface area contributed by atoms with E-state index in [1.807, 2.05) is 0 Å². The molecular formula is C10H19NO3. The molecule has 4 heteroatoms. The van der Waals surface area contributed by atoms with Crippen molar-refractivity contribution in [2.45, 2.75) is 51.4 Å². The Morgan fingerprint density at radius 3 is 2.79 bits per heavy atom. The molecule has 1 heterocycles. The van der Waals surface area contributed by atoms with Crippen LogP contribution in [0.25, 0.3) is 0 Å². The van der Waals surface area contributed by atoms with Gasteiger partial charge in [-0.05, 0) is 33.6 Å². The Bertz CT molecular complexity index is 215. The lowest BCUT2D eigenvalue weighted by Gasteiger charge is -2.20. The third-order valence-corrected chi connectivity index (χ3v) is 2.58. The summed E-state index contributed by atoms with van der Waals surface area (Å²) in [7, 11) is 0. The molecule has 1 unspecified atom stereocenters. The van der Waals surface area contributed by atoms with Gasteiger partial charge >= 0.3 is 5.97 Å². The lowest BCUT2D eigenvalue weighted by Crippen LogP contribution is -2.39. The zero-order valence-corrected chi connectivity index (χ0v) is 9.04. The van der Waals surface area contributed by atoms with Gasteiger partial charge in [0.1, 0.15) is 6.04 Å². The predicted molar refractivity (Wildman–Crippen MR) is 53.3 cm³/mol. The molecule has 0 bridgehead atoms. The molecule has 0 aromatic carbocycles. The number of carbonyl (C=O) groups is 1. The maximum absolute atomic E-state index is 10.5. The molecule has 4 nitrogen and oxygen atoms in total.